The van der Waals surface area contributed by atoms with Gasteiger partial charge in [-0.3, -0.25) is 19.7 Å². The number of benzene rings is 1. The van der Waals surface area contributed by atoms with Gasteiger partial charge in [-0.05, 0) is 42.7 Å². The number of rotatable bonds is 11. The van der Waals surface area contributed by atoms with Gasteiger partial charge in [0.15, 0.2) is 12.5 Å². The van der Waals surface area contributed by atoms with E-state index in [-0.39, 0.29) is 24.4 Å². The molecule has 0 aliphatic carbocycles. The van der Waals surface area contributed by atoms with Crippen molar-refractivity contribution < 1.29 is 43.9 Å². The highest BCUT2D eigenvalue weighted by molar-refractivity contribution is 5.86. The molecule has 1 aromatic heterocycles. The van der Waals surface area contributed by atoms with Crippen molar-refractivity contribution in [2.24, 2.45) is 11.8 Å². The van der Waals surface area contributed by atoms with E-state index in [4.69, 9.17) is 20.1 Å². The molecule has 0 saturated carbocycles. The van der Waals surface area contributed by atoms with E-state index in [0.29, 0.717) is 17.2 Å². The predicted octanol–water partition coefficient (Wildman–Crippen LogP) is -0.0109. The molecular formula is C25H31N5O10. The molecule has 3 rings (SSSR count). The predicted molar refractivity (Wildman–Crippen MR) is 138 cm³/mol. The molecule has 1 aromatic carbocycles. The normalized spacial score (nSPS) is 18.2. The molecular weight excluding hydrogens is 530 g/mol. The molecule has 40 heavy (non-hydrogen) atoms. The number of nitrogens with zero attached hydrogens (tertiary/aromatic N) is 3. The minimum absolute atomic E-state index is 0.0267. The van der Waals surface area contributed by atoms with Gasteiger partial charge < -0.3 is 29.5 Å². The van der Waals surface area contributed by atoms with E-state index in [9.17, 15) is 34.5 Å². The van der Waals surface area contributed by atoms with Crippen molar-refractivity contribution in [3.8, 4) is 5.75 Å². The van der Waals surface area contributed by atoms with Crippen LogP contribution in [0, 0.1) is 5.92 Å². The van der Waals surface area contributed by atoms with Crippen LogP contribution in [0.4, 0.5) is 10.6 Å². The molecule has 1 saturated heterocycles. The Labute approximate surface area is 228 Å². The van der Waals surface area contributed by atoms with E-state index in [0.717, 1.165) is 10.1 Å². The minimum Gasteiger partial charge on any atom is -0.497 e. The van der Waals surface area contributed by atoms with Crippen LogP contribution in [0.1, 0.15) is 25.1 Å². The number of carboxylic acids is 1. The fraction of sp³-hybridized carbons (Fsp3) is 0.400. The van der Waals surface area contributed by atoms with E-state index in [1.165, 1.54) is 26.3 Å². The number of methoxy groups -OCH3 is 1. The molecule has 0 spiro atoms. The van der Waals surface area contributed by atoms with Crippen molar-refractivity contribution in [3.05, 3.63) is 64.7 Å². The molecule has 1 unspecified atom stereocenters. The molecule has 1 aliphatic heterocycles. The van der Waals surface area contributed by atoms with Crippen LogP contribution in [-0.4, -0.2) is 80.0 Å². The maximum absolute atomic E-state index is 12.6. The van der Waals surface area contributed by atoms with Crippen molar-refractivity contribution in [1.82, 2.24) is 14.6 Å². The molecule has 15 nitrogen and oxygen atoms in total. The van der Waals surface area contributed by atoms with Gasteiger partial charge in [0.1, 0.15) is 11.6 Å². The molecule has 216 valence electrons. The van der Waals surface area contributed by atoms with Crippen LogP contribution in [0.3, 0.4) is 0 Å². The lowest BCUT2D eigenvalue weighted by molar-refractivity contribution is -0.152. The zero-order valence-electron chi connectivity index (χ0n) is 21.8. The van der Waals surface area contributed by atoms with Gasteiger partial charge in [0, 0.05) is 12.6 Å². The topological polar surface area (TPSA) is 216 Å². The van der Waals surface area contributed by atoms with Gasteiger partial charge in [-0.15, -0.1) is 0 Å². The summed E-state index contributed by atoms with van der Waals surface area (Å²) in [5, 5.41) is 31.2. The lowest BCUT2D eigenvalue weighted by Gasteiger charge is -2.28. The zero-order chi connectivity index (χ0) is 29.6. The highest BCUT2D eigenvalue weighted by atomic mass is 16.6. The summed E-state index contributed by atoms with van der Waals surface area (Å²) >= 11 is 0. The SMILES string of the molecule is C=C1C(n2ccc(NC(=O)O[C@H](C(=O)O)[C@H](C)N(N)C(=O)CCc3ccc(OC)cc3)nc2=O)OC[C@H]1C(O)O. The highest BCUT2D eigenvalue weighted by Gasteiger charge is 2.36. The number of aryl methyl sites for hydroxylation is 1. The summed E-state index contributed by atoms with van der Waals surface area (Å²) in [6, 6.07) is 7.02. The van der Waals surface area contributed by atoms with Crippen molar-refractivity contribution in [2.75, 3.05) is 19.0 Å². The maximum atomic E-state index is 12.6. The number of hydrazine groups is 1. The van der Waals surface area contributed by atoms with Crippen molar-refractivity contribution >= 4 is 23.8 Å². The van der Waals surface area contributed by atoms with E-state index in [1.807, 2.05) is 0 Å². The van der Waals surface area contributed by atoms with E-state index in [2.05, 4.69) is 16.9 Å². The first-order chi connectivity index (χ1) is 18.9. The largest absolute Gasteiger partial charge is 0.497 e. The molecule has 2 amide bonds. The highest BCUT2D eigenvalue weighted by Crippen LogP contribution is 2.33. The Morgan fingerprint density at radius 3 is 2.50 bits per heavy atom. The Kier molecular flexibility index (Phi) is 9.95. The Morgan fingerprint density at radius 2 is 1.95 bits per heavy atom. The number of carbonyl (C=O) groups is 3. The molecule has 4 atom stereocenters. The Balaban J connectivity index is 1.59. The summed E-state index contributed by atoms with van der Waals surface area (Å²) in [5.41, 5.74) is 0.225. The third-order valence-corrected chi connectivity index (χ3v) is 6.33. The summed E-state index contributed by atoms with van der Waals surface area (Å²) in [6.45, 7) is 4.97. The molecule has 1 aliphatic rings. The van der Waals surface area contributed by atoms with Crippen molar-refractivity contribution in [2.45, 2.75) is 44.4 Å². The van der Waals surface area contributed by atoms with Gasteiger partial charge >= 0.3 is 17.8 Å². The summed E-state index contributed by atoms with van der Waals surface area (Å²) in [6.07, 6.45) is -4.27. The lowest BCUT2D eigenvalue weighted by atomic mass is 10.0. The van der Waals surface area contributed by atoms with Gasteiger partial charge in [-0.1, -0.05) is 18.7 Å². The number of aliphatic hydroxyl groups is 2. The van der Waals surface area contributed by atoms with E-state index in [1.54, 1.807) is 24.3 Å². The minimum atomic E-state index is -1.84. The number of anilines is 1. The van der Waals surface area contributed by atoms with E-state index >= 15 is 0 Å². The molecule has 6 N–H and O–H groups in total. The van der Waals surface area contributed by atoms with Crippen LogP contribution in [0.15, 0.2) is 53.5 Å². The average Bonchev–Trinajstić information content (AvgIpc) is 3.30. The Morgan fingerprint density at radius 1 is 1.27 bits per heavy atom. The van der Waals surface area contributed by atoms with Crippen LogP contribution >= 0.6 is 0 Å². The summed E-state index contributed by atoms with van der Waals surface area (Å²) in [7, 11) is 1.53. The number of nitrogens with one attached hydrogen (secondary N) is 1. The fourth-order valence-electron chi connectivity index (χ4n) is 3.94. The smallest absolute Gasteiger partial charge is 0.413 e. The van der Waals surface area contributed by atoms with Crippen LogP contribution in [0.5, 0.6) is 5.75 Å². The molecule has 0 bridgehead atoms. The molecule has 0 radical (unpaired) electrons. The summed E-state index contributed by atoms with van der Waals surface area (Å²) in [5.74, 6) is 3.33. The van der Waals surface area contributed by atoms with Gasteiger partial charge in [0.25, 0.3) is 0 Å². The number of amides is 2. The van der Waals surface area contributed by atoms with Crippen molar-refractivity contribution in [3.63, 3.8) is 0 Å². The first-order valence-corrected chi connectivity index (χ1v) is 12.1. The fourth-order valence-corrected chi connectivity index (χ4v) is 3.94. The lowest BCUT2D eigenvalue weighted by Crippen LogP contribution is -2.53. The summed E-state index contributed by atoms with van der Waals surface area (Å²) < 4.78 is 16.5. The zero-order valence-corrected chi connectivity index (χ0v) is 21.8. The van der Waals surface area contributed by atoms with Crippen LogP contribution in [0.2, 0.25) is 0 Å². The number of hydrogen-bond donors (Lipinski definition) is 5. The number of aliphatic carboxylic acids is 1. The van der Waals surface area contributed by atoms with Crippen LogP contribution in [0.25, 0.3) is 0 Å². The van der Waals surface area contributed by atoms with Gasteiger partial charge in [0.2, 0.25) is 12.0 Å². The first kappa shape index (κ1) is 30.2. The number of carboxylic acid groups (broad SMARTS) is 1. The third-order valence-electron chi connectivity index (χ3n) is 6.33. The quantitative estimate of drug-likeness (QED) is 0.0805. The van der Waals surface area contributed by atoms with Crippen LogP contribution < -0.4 is 21.6 Å². The second-order valence-electron chi connectivity index (χ2n) is 8.96. The molecule has 2 heterocycles. The van der Waals surface area contributed by atoms with Gasteiger partial charge in [-0.2, -0.15) is 4.98 Å². The number of aliphatic hydroxyl groups excluding tert-OH is 1. The number of nitrogens with two attached hydrogens (primary N) is 1. The van der Waals surface area contributed by atoms with Crippen molar-refractivity contribution in [1.29, 1.82) is 0 Å². The molecule has 1 fully saturated rings. The summed E-state index contributed by atoms with van der Waals surface area (Å²) in [4.78, 5) is 53.0. The van der Waals surface area contributed by atoms with Crippen LogP contribution in [-0.2, 0) is 25.5 Å². The standard InChI is InChI=1S/C25H31N5O10/c1-13-17(22(32)33)12-39-21(13)29-11-10-18(27-24(29)36)28-25(37)40-20(23(34)35)14(2)30(26)19(31)9-6-15-4-7-16(38-3)8-5-15/h4-5,7-8,10-11,14,17,20-22,32-33H,1,6,9,12,26H2,2-3H3,(H,34,35)(H,27,28,36,37)/t14-,17+,20-,21?/m0/s1. The third kappa shape index (κ3) is 7.20. The first-order valence-electron chi connectivity index (χ1n) is 12.1. The number of carbonyl (C=O) groups excluding carboxylic acids is 2. The second-order valence-corrected chi connectivity index (χ2v) is 8.96. The van der Waals surface area contributed by atoms with Gasteiger partial charge in [0.05, 0.1) is 25.7 Å². The number of ether oxygens (including phenoxy) is 3. The van der Waals surface area contributed by atoms with E-state index < -0.39 is 54.2 Å². The Bertz CT molecular complexity index is 1300. The maximum Gasteiger partial charge on any atom is 0.413 e. The monoisotopic (exact) mass is 561 g/mol. The second kappa shape index (κ2) is 13.2. The molecule has 15 heteroatoms. The Hall–Kier alpha value is -4.31. The molecule has 2 aromatic rings. The number of hydrogen-bond acceptors (Lipinski definition) is 11. The van der Waals surface area contributed by atoms with Gasteiger partial charge in [-0.25, -0.2) is 20.2 Å². The average molecular weight is 562 g/mol. The number of aromatic nitrogens is 2.